The smallest absolute Gasteiger partial charge is 0.123 e. The molecule has 0 heterocycles. The summed E-state index contributed by atoms with van der Waals surface area (Å²) in [4.78, 5) is 0. The van der Waals surface area contributed by atoms with Gasteiger partial charge in [-0.2, -0.15) is 0 Å². The van der Waals surface area contributed by atoms with Crippen molar-refractivity contribution >= 4 is 0 Å². The molecule has 1 aromatic carbocycles. The van der Waals surface area contributed by atoms with Gasteiger partial charge in [0, 0.05) is 6.42 Å². The predicted molar refractivity (Wildman–Crippen MR) is 54.8 cm³/mol. The number of benzene rings is 1. The molecule has 1 aliphatic carbocycles. The van der Waals surface area contributed by atoms with Crippen molar-refractivity contribution in [2.24, 2.45) is 5.92 Å². The number of aliphatic hydroxyl groups excluding tert-OH is 2. The number of rotatable bonds is 4. The van der Waals surface area contributed by atoms with Gasteiger partial charge in [0.2, 0.25) is 0 Å². The maximum Gasteiger partial charge on any atom is 0.123 e. The van der Waals surface area contributed by atoms with E-state index < -0.39 is 12.2 Å². The highest BCUT2D eigenvalue weighted by Gasteiger charge is 2.34. The minimum atomic E-state index is -0.778. The summed E-state index contributed by atoms with van der Waals surface area (Å²) in [5.41, 5.74) is 0.724. The molecule has 2 nitrogen and oxygen atoms in total. The van der Waals surface area contributed by atoms with Gasteiger partial charge in [0.15, 0.2) is 0 Å². The summed E-state index contributed by atoms with van der Waals surface area (Å²) in [5, 5.41) is 19.3. The lowest BCUT2D eigenvalue weighted by molar-refractivity contribution is 0.00670. The van der Waals surface area contributed by atoms with Crippen LogP contribution in [0.25, 0.3) is 0 Å². The molecule has 1 saturated carbocycles. The summed E-state index contributed by atoms with van der Waals surface area (Å²) in [6.07, 6.45) is 0.852. The summed E-state index contributed by atoms with van der Waals surface area (Å²) in [7, 11) is 0. The van der Waals surface area contributed by atoms with E-state index in [1.54, 1.807) is 12.1 Å². The average molecular weight is 210 g/mol. The van der Waals surface area contributed by atoms with Crippen molar-refractivity contribution in [2.75, 3.05) is 0 Å². The van der Waals surface area contributed by atoms with Crippen LogP contribution in [0.4, 0.5) is 4.39 Å². The molecule has 2 atom stereocenters. The summed E-state index contributed by atoms with van der Waals surface area (Å²) >= 11 is 0. The van der Waals surface area contributed by atoms with E-state index in [1.807, 2.05) is 0 Å². The summed E-state index contributed by atoms with van der Waals surface area (Å²) in [5.74, 6) is -0.0610. The molecule has 1 fully saturated rings. The topological polar surface area (TPSA) is 40.5 Å². The Balaban J connectivity index is 1.95. The standard InChI is InChI=1S/C12H15FO2/c13-10-3-1-2-8(6-10)7-11(14)12(15)9-4-5-9/h1-3,6,9,11-12,14-15H,4-5,7H2. The molecular weight excluding hydrogens is 195 g/mol. The van der Waals surface area contributed by atoms with Gasteiger partial charge < -0.3 is 10.2 Å². The zero-order valence-corrected chi connectivity index (χ0v) is 8.44. The SMILES string of the molecule is OC(Cc1cccc(F)c1)C(O)C1CC1. The molecule has 82 valence electrons. The largest absolute Gasteiger partial charge is 0.390 e. The molecule has 0 bridgehead atoms. The Hall–Kier alpha value is -0.930. The van der Waals surface area contributed by atoms with Crippen LogP contribution in [0.3, 0.4) is 0 Å². The van der Waals surface area contributed by atoms with Crippen LogP contribution in [-0.4, -0.2) is 22.4 Å². The highest BCUT2D eigenvalue weighted by molar-refractivity contribution is 5.17. The maximum atomic E-state index is 12.8. The first-order chi connectivity index (χ1) is 7.16. The summed E-state index contributed by atoms with van der Waals surface area (Å²) in [6, 6.07) is 6.13. The molecule has 0 amide bonds. The lowest BCUT2D eigenvalue weighted by atomic mass is 10.0. The van der Waals surface area contributed by atoms with Crippen LogP contribution in [0.2, 0.25) is 0 Å². The molecule has 2 unspecified atom stereocenters. The lowest BCUT2D eigenvalue weighted by Crippen LogP contribution is -2.29. The molecule has 0 aromatic heterocycles. The normalized spacial score (nSPS) is 19.9. The van der Waals surface area contributed by atoms with E-state index in [2.05, 4.69) is 0 Å². The van der Waals surface area contributed by atoms with E-state index in [0.29, 0.717) is 6.42 Å². The zero-order chi connectivity index (χ0) is 10.8. The van der Waals surface area contributed by atoms with Gasteiger partial charge in [-0.3, -0.25) is 0 Å². The van der Waals surface area contributed by atoms with Crippen molar-refractivity contribution in [3.8, 4) is 0 Å². The first-order valence-electron chi connectivity index (χ1n) is 5.27. The molecule has 3 heteroatoms. The zero-order valence-electron chi connectivity index (χ0n) is 8.44. The van der Waals surface area contributed by atoms with Gasteiger partial charge in [-0.05, 0) is 36.5 Å². The minimum Gasteiger partial charge on any atom is -0.390 e. The molecule has 2 N–H and O–H groups in total. The van der Waals surface area contributed by atoms with Crippen molar-refractivity contribution < 1.29 is 14.6 Å². The second-order valence-electron chi connectivity index (χ2n) is 4.23. The molecule has 0 aliphatic heterocycles. The molecule has 2 rings (SSSR count). The number of aliphatic hydroxyl groups is 2. The molecule has 0 spiro atoms. The molecule has 0 saturated heterocycles. The van der Waals surface area contributed by atoms with Crippen LogP contribution >= 0.6 is 0 Å². The average Bonchev–Trinajstić information content (AvgIpc) is 2.99. The van der Waals surface area contributed by atoms with Crippen molar-refractivity contribution in [3.05, 3.63) is 35.6 Å². The van der Waals surface area contributed by atoms with Crippen molar-refractivity contribution in [1.29, 1.82) is 0 Å². The fourth-order valence-corrected chi connectivity index (χ4v) is 1.78. The Kier molecular flexibility index (Phi) is 3.03. The van der Waals surface area contributed by atoms with Crippen LogP contribution in [0, 0.1) is 11.7 Å². The van der Waals surface area contributed by atoms with E-state index >= 15 is 0 Å². The monoisotopic (exact) mass is 210 g/mol. The third-order valence-corrected chi connectivity index (χ3v) is 2.83. The summed E-state index contributed by atoms with van der Waals surface area (Å²) in [6.45, 7) is 0. The Labute approximate surface area is 88.4 Å². The van der Waals surface area contributed by atoms with Gasteiger partial charge in [-0.1, -0.05) is 12.1 Å². The van der Waals surface area contributed by atoms with Crippen molar-refractivity contribution in [1.82, 2.24) is 0 Å². The Morgan fingerprint density at radius 3 is 2.67 bits per heavy atom. The van der Waals surface area contributed by atoms with E-state index in [9.17, 15) is 14.6 Å². The van der Waals surface area contributed by atoms with E-state index in [0.717, 1.165) is 18.4 Å². The van der Waals surface area contributed by atoms with Crippen LogP contribution in [0.5, 0.6) is 0 Å². The first-order valence-corrected chi connectivity index (χ1v) is 5.27. The van der Waals surface area contributed by atoms with Gasteiger partial charge in [-0.25, -0.2) is 4.39 Å². The van der Waals surface area contributed by atoms with Crippen LogP contribution in [0.1, 0.15) is 18.4 Å². The quantitative estimate of drug-likeness (QED) is 0.790. The van der Waals surface area contributed by atoms with Gasteiger partial charge in [0.25, 0.3) is 0 Å². The summed E-state index contributed by atoms with van der Waals surface area (Å²) < 4.78 is 12.8. The van der Waals surface area contributed by atoms with Gasteiger partial charge in [-0.15, -0.1) is 0 Å². The van der Waals surface area contributed by atoms with Crippen molar-refractivity contribution in [3.63, 3.8) is 0 Å². The van der Waals surface area contributed by atoms with E-state index in [1.165, 1.54) is 12.1 Å². The van der Waals surface area contributed by atoms with E-state index in [4.69, 9.17) is 0 Å². The fourth-order valence-electron chi connectivity index (χ4n) is 1.78. The first kappa shape index (κ1) is 10.6. The van der Waals surface area contributed by atoms with E-state index in [-0.39, 0.29) is 11.7 Å². The second kappa shape index (κ2) is 4.29. The van der Waals surface area contributed by atoms with Crippen LogP contribution < -0.4 is 0 Å². The van der Waals surface area contributed by atoms with Crippen LogP contribution in [0.15, 0.2) is 24.3 Å². The molecule has 0 radical (unpaired) electrons. The highest BCUT2D eigenvalue weighted by Crippen LogP contribution is 2.34. The fraction of sp³-hybridized carbons (Fsp3) is 0.500. The number of hydrogen-bond acceptors (Lipinski definition) is 2. The molecular formula is C12H15FO2. The number of halogens is 1. The van der Waals surface area contributed by atoms with Gasteiger partial charge >= 0.3 is 0 Å². The maximum absolute atomic E-state index is 12.8. The molecule has 1 aliphatic rings. The van der Waals surface area contributed by atoms with Crippen LogP contribution in [-0.2, 0) is 6.42 Å². The number of hydrogen-bond donors (Lipinski definition) is 2. The third-order valence-electron chi connectivity index (χ3n) is 2.83. The van der Waals surface area contributed by atoms with Crippen molar-refractivity contribution in [2.45, 2.75) is 31.5 Å². The molecule has 1 aromatic rings. The third kappa shape index (κ3) is 2.76. The van der Waals surface area contributed by atoms with Gasteiger partial charge in [0.1, 0.15) is 5.82 Å². The predicted octanol–water partition coefficient (Wildman–Crippen LogP) is 1.50. The minimum absolute atomic E-state index is 0.244. The van der Waals surface area contributed by atoms with Gasteiger partial charge in [0.05, 0.1) is 12.2 Å². The second-order valence-corrected chi connectivity index (χ2v) is 4.23. The lowest BCUT2D eigenvalue weighted by Gasteiger charge is -2.17. The molecule has 15 heavy (non-hydrogen) atoms. The highest BCUT2D eigenvalue weighted by atomic mass is 19.1. The Morgan fingerprint density at radius 2 is 2.07 bits per heavy atom. The Morgan fingerprint density at radius 1 is 1.33 bits per heavy atom. The Bertz CT molecular complexity index is 336.